The summed E-state index contributed by atoms with van der Waals surface area (Å²) in [6.45, 7) is 3.80. The van der Waals surface area contributed by atoms with E-state index in [1.54, 1.807) is 86.0 Å². The van der Waals surface area contributed by atoms with E-state index in [4.69, 9.17) is 11.6 Å². The third-order valence-corrected chi connectivity index (χ3v) is 9.26. The van der Waals surface area contributed by atoms with Gasteiger partial charge in [-0.2, -0.15) is 0 Å². The first-order valence-electron chi connectivity index (χ1n) is 12.9. The Kier molecular flexibility index (Phi) is 8.05. The van der Waals surface area contributed by atoms with Crippen LogP contribution in [0.3, 0.4) is 0 Å². The predicted octanol–water partition coefficient (Wildman–Crippen LogP) is 4.88. The van der Waals surface area contributed by atoms with Gasteiger partial charge < -0.3 is 10.2 Å². The number of aromatic nitrogens is 2. The molecule has 0 aliphatic carbocycles. The topological polar surface area (TPSA) is 113 Å². The van der Waals surface area contributed by atoms with Gasteiger partial charge in [-0.25, -0.2) is 8.42 Å². The number of amides is 2. The van der Waals surface area contributed by atoms with Gasteiger partial charge in [-0.1, -0.05) is 35.9 Å². The second-order valence-corrected chi connectivity index (χ2v) is 12.1. The fourth-order valence-corrected chi connectivity index (χ4v) is 6.97. The van der Waals surface area contributed by atoms with E-state index >= 15 is 0 Å². The third kappa shape index (κ3) is 5.94. The molecule has 0 saturated heterocycles. The molecule has 1 N–H and O–H groups in total. The SMILES string of the molecule is Cc1cc(S(=O)(=O)N2c3ccccc3NC(=O)C2CC(=O)N(Cc2cccnc2)Cc2cccnc2)c(C)cc1Cl. The molecule has 3 heterocycles. The number of halogens is 1. The van der Waals surface area contributed by atoms with Gasteiger partial charge in [-0.05, 0) is 72.5 Å². The number of rotatable bonds is 8. The van der Waals surface area contributed by atoms with Crippen LogP contribution in [0.1, 0.15) is 28.7 Å². The van der Waals surface area contributed by atoms with E-state index in [1.807, 2.05) is 12.1 Å². The number of aryl methyl sites for hydroxylation is 2. The lowest BCUT2D eigenvalue weighted by Gasteiger charge is -2.38. The van der Waals surface area contributed by atoms with Gasteiger partial charge in [0.1, 0.15) is 6.04 Å². The second kappa shape index (κ2) is 11.7. The number of anilines is 2. The van der Waals surface area contributed by atoms with Crippen molar-refractivity contribution in [3.05, 3.63) is 113 Å². The van der Waals surface area contributed by atoms with Crippen molar-refractivity contribution in [1.82, 2.24) is 14.9 Å². The number of hydrogen-bond donors (Lipinski definition) is 1. The molecule has 0 radical (unpaired) electrons. The smallest absolute Gasteiger partial charge is 0.265 e. The van der Waals surface area contributed by atoms with E-state index in [9.17, 15) is 18.0 Å². The highest BCUT2D eigenvalue weighted by molar-refractivity contribution is 7.93. The van der Waals surface area contributed by atoms with Gasteiger partial charge >= 0.3 is 0 Å². The van der Waals surface area contributed by atoms with Crippen LogP contribution in [-0.4, -0.2) is 41.1 Å². The first-order valence-corrected chi connectivity index (χ1v) is 14.7. The third-order valence-electron chi connectivity index (χ3n) is 6.89. The maximum atomic E-state index is 14.3. The average molecular weight is 590 g/mol. The lowest BCUT2D eigenvalue weighted by atomic mass is 10.1. The number of fused-ring (bicyclic) bond motifs is 1. The van der Waals surface area contributed by atoms with E-state index < -0.39 is 27.9 Å². The van der Waals surface area contributed by atoms with Gasteiger partial charge in [0.2, 0.25) is 11.8 Å². The van der Waals surface area contributed by atoms with Crippen LogP contribution in [0.25, 0.3) is 0 Å². The monoisotopic (exact) mass is 589 g/mol. The number of benzene rings is 2. The van der Waals surface area contributed by atoms with E-state index in [2.05, 4.69) is 15.3 Å². The number of carbonyl (C=O) groups excluding carboxylic acids is 2. The van der Waals surface area contributed by atoms with Crippen LogP contribution in [0.15, 0.2) is 90.3 Å². The molecule has 0 bridgehead atoms. The van der Waals surface area contributed by atoms with E-state index in [-0.39, 0.29) is 30.1 Å². The highest BCUT2D eigenvalue weighted by atomic mass is 35.5. The molecular formula is C30H28ClN5O4S. The molecule has 4 aromatic rings. The number of nitrogens with one attached hydrogen (secondary N) is 1. The van der Waals surface area contributed by atoms with Crippen molar-refractivity contribution in [3.8, 4) is 0 Å². The van der Waals surface area contributed by atoms with Crippen LogP contribution in [-0.2, 0) is 32.7 Å². The van der Waals surface area contributed by atoms with Crippen molar-refractivity contribution in [2.75, 3.05) is 9.62 Å². The molecule has 0 spiro atoms. The standard InChI is InChI=1S/C30H28ClN5O4S/c1-20-14-28(21(2)13-24(20)31)41(39,40)36-26-10-4-3-9-25(26)34-30(38)27(36)15-29(37)35(18-22-7-5-11-32-16-22)19-23-8-6-12-33-17-23/h3-14,16-17,27H,15,18-19H2,1-2H3,(H,34,38). The average Bonchev–Trinajstić information content (AvgIpc) is 2.96. The Hall–Kier alpha value is -4.28. The Morgan fingerprint density at radius 1 is 0.951 bits per heavy atom. The molecule has 2 amide bonds. The summed E-state index contributed by atoms with van der Waals surface area (Å²) in [5.41, 5.74) is 3.22. The number of para-hydroxylation sites is 2. The molecule has 0 saturated carbocycles. The molecule has 2 aromatic heterocycles. The van der Waals surface area contributed by atoms with Gasteiger partial charge in [-0.15, -0.1) is 0 Å². The van der Waals surface area contributed by atoms with Crippen molar-refractivity contribution in [2.24, 2.45) is 0 Å². The van der Waals surface area contributed by atoms with Gasteiger partial charge in [0, 0.05) is 42.9 Å². The maximum Gasteiger partial charge on any atom is 0.265 e. The fourth-order valence-electron chi connectivity index (χ4n) is 4.82. The second-order valence-electron chi connectivity index (χ2n) is 9.87. The normalized spacial score (nSPS) is 14.8. The van der Waals surface area contributed by atoms with Crippen LogP contribution >= 0.6 is 11.6 Å². The summed E-state index contributed by atoms with van der Waals surface area (Å²) >= 11 is 6.26. The van der Waals surface area contributed by atoms with Crippen LogP contribution in [0.5, 0.6) is 0 Å². The van der Waals surface area contributed by atoms with Crippen LogP contribution in [0.2, 0.25) is 5.02 Å². The Morgan fingerprint density at radius 3 is 2.20 bits per heavy atom. The Morgan fingerprint density at radius 2 is 1.59 bits per heavy atom. The molecule has 2 aromatic carbocycles. The maximum absolute atomic E-state index is 14.3. The summed E-state index contributed by atoms with van der Waals surface area (Å²) in [5, 5.41) is 3.22. The lowest BCUT2D eigenvalue weighted by molar-refractivity contribution is -0.134. The van der Waals surface area contributed by atoms with Crippen LogP contribution in [0.4, 0.5) is 11.4 Å². The van der Waals surface area contributed by atoms with Crippen LogP contribution < -0.4 is 9.62 Å². The van der Waals surface area contributed by atoms with Crippen molar-refractivity contribution in [1.29, 1.82) is 0 Å². The zero-order chi connectivity index (χ0) is 29.1. The Bertz CT molecular complexity index is 1660. The zero-order valence-electron chi connectivity index (χ0n) is 22.5. The molecule has 11 heteroatoms. The predicted molar refractivity (Wildman–Crippen MR) is 157 cm³/mol. The summed E-state index contributed by atoms with van der Waals surface area (Å²) in [4.78, 5) is 37.3. The Balaban J connectivity index is 1.55. The molecule has 210 valence electrons. The van der Waals surface area contributed by atoms with E-state index in [1.165, 1.54) is 6.07 Å². The fraction of sp³-hybridized carbons (Fsp3) is 0.200. The van der Waals surface area contributed by atoms with Crippen molar-refractivity contribution >= 4 is 44.8 Å². The highest BCUT2D eigenvalue weighted by Gasteiger charge is 2.43. The van der Waals surface area contributed by atoms with Crippen molar-refractivity contribution in [3.63, 3.8) is 0 Å². The molecule has 41 heavy (non-hydrogen) atoms. The minimum atomic E-state index is -4.29. The lowest BCUT2D eigenvalue weighted by Crippen LogP contribution is -2.53. The number of carbonyl (C=O) groups is 2. The first-order chi connectivity index (χ1) is 19.6. The van der Waals surface area contributed by atoms with Crippen molar-refractivity contribution < 1.29 is 18.0 Å². The van der Waals surface area contributed by atoms with E-state index in [0.29, 0.717) is 21.8 Å². The highest BCUT2D eigenvalue weighted by Crippen LogP contribution is 2.38. The summed E-state index contributed by atoms with van der Waals surface area (Å²) in [7, 11) is -4.29. The summed E-state index contributed by atoms with van der Waals surface area (Å²) < 4.78 is 29.6. The van der Waals surface area contributed by atoms with Crippen molar-refractivity contribution in [2.45, 2.75) is 44.3 Å². The molecule has 0 fully saturated rings. The molecule has 9 nitrogen and oxygen atoms in total. The summed E-state index contributed by atoms with van der Waals surface area (Å²) in [5.74, 6) is -0.992. The minimum Gasteiger partial charge on any atom is -0.334 e. The number of sulfonamides is 1. The molecule has 1 atom stereocenters. The first kappa shape index (κ1) is 28.3. The molecular weight excluding hydrogens is 562 g/mol. The summed E-state index contributed by atoms with van der Waals surface area (Å²) in [6, 6.07) is 15.6. The van der Waals surface area contributed by atoms with Gasteiger partial charge in [0.05, 0.1) is 22.7 Å². The number of nitrogens with zero attached hydrogens (tertiary/aromatic N) is 4. The largest absolute Gasteiger partial charge is 0.334 e. The summed E-state index contributed by atoms with van der Waals surface area (Å²) in [6.07, 6.45) is 6.23. The minimum absolute atomic E-state index is 0.0175. The quantitative estimate of drug-likeness (QED) is 0.313. The van der Waals surface area contributed by atoms with E-state index in [0.717, 1.165) is 15.4 Å². The molecule has 1 unspecified atom stereocenters. The van der Waals surface area contributed by atoms with Gasteiger partial charge in [0.25, 0.3) is 10.0 Å². The molecule has 1 aliphatic heterocycles. The molecule has 5 rings (SSSR count). The Labute approximate surface area is 243 Å². The van der Waals surface area contributed by atoms with Crippen LogP contribution in [0, 0.1) is 13.8 Å². The van der Waals surface area contributed by atoms with Gasteiger partial charge in [-0.3, -0.25) is 23.9 Å². The zero-order valence-corrected chi connectivity index (χ0v) is 24.1. The number of hydrogen-bond acceptors (Lipinski definition) is 6. The molecule has 1 aliphatic rings. The van der Waals surface area contributed by atoms with Gasteiger partial charge in [0.15, 0.2) is 0 Å². The number of pyridine rings is 2.